The number of nitrogens with one attached hydrogen (secondary N) is 2. The Labute approximate surface area is 124 Å². The van der Waals surface area contributed by atoms with Crippen LogP contribution in [0.2, 0.25) is 0 Å². The molecule has 0 fully saturated rings. The third-order valence-corrected chi connectivity index (χ3v) is 3.06. The second-order valence-corrected chi connectivity index (χ2v) is 4.78. The minimum atomic E-state index is -0.0801. The number of nitrogens with zero attached hydrogens (tertiary/aromatic N) is 2. The monoisotopic (exact) mass is 284 g/mol. The molecule has 2 rings (SSSR count). The number of hydrogen-bond acceptors (Lipinski definition) is 4. The van der Waals surface area contributed by atoms with Gasteiger partial charge >= 0.3 is 0 Å². The molecule has 1 amide bonds. The fourth-order valence-corrected chi connectivity index (χ4v) is 1.85. The molecule has 0 aliphatic rings. The normalized spacial score (nSPS) is 10.1. The highest BCUT2D eigenvalue weighted by Gasteiger charge is 2.06. The molecule has 0 saturated heterocycles. The maximum absolute atomic E-state index is 12.0. The van der Waals surface area contributed by atoms with Crippen LogP contribution in [0.25, 0.3) is 0 Å². The van der Waals surface area contributed by atoms with Crippen molar-refractivity contribution in [3.63, 3.8) is 0 Å². The van der Waals surface area contributed by atoms with Crippen LogP contribution in [0.5, 0.6) is 0 Å². The molecule has 21 heavy (non-hydrogen) atoms. The Morgan fingerprint density at radius 1 is 1.19 bits per heavy atom. The second-order valence-electron chi connectivity index (χ2n) is 4.78. The van der Waals surface area contributed by atoms with E-state index in [1.807, 2.05) is 18.2 Å². The van der Waals surface area contributed by atoms with Gasteiger partial charge in [0.05, 0.1) is 11.3 Å². The summed E-state index contributed by atoms with van der Waals surface area (Å²) in [7, 11) is 0. The standard InChI is InChI=1S/C16H20N4O/c1-2-3-6-19-16(21)14-9-15(12-18-11-14)20-10-13-4-7-17-8-5-13/h4-5,7-9,11-12,20H,2-3,6,10H2,1H3,(H,19,21). The van der Waals surface area contributed by atoms with Crippen molar-refractivity contribution in [1.29, 1.82) is 0 Å². The predicted octanol–water partition coefficient (Wildman–Crippen LogP) is 2.62. The summed E-state index contributed by atoms with van der Waals surface area (Å²) < 4.78 is 0. The molecule has 0 aliphatic carbocycles. The summed E-state index contributed by atoms with van der Waals surface area (Å²) in [5.41, 5.74) is 2.53. The number of rotatable bonds is 7. The number of amides is 1. The number of anilines is 1. The summed E-state index contributed by atoms with van der Waals surface area (Å²) in [5, 5.41) is 6.14. The van der Waals surface area contributed by atoms with E-state index >= 15 is 0 Å². The first-order chi connectivity index (χ1) is 10.3. The van der Waals surface area contributed by atoms with Gasteiger partial charge in [0.25, 0.3) is 5.91 Å². The number of pyridine rings is 2. The van der Waals surface area contributed by atoms with Crippen LogP contribution in [-0.2, 0) is 6.54 Å². The Bertz CT molecular complexity index is 571. The van der Waals surface area contributed by atoms with Crippen LogP contribution in [0, 0.1) is 0 Å². The SMILES string of the molecule is CCCCNC(=O)c1cncc(NCc2ccncc2)c1. The van der Waals surface area contributed by atoms with Gasteiger partial charge in [-0.25, -0.2) is 0 Å². The van der Waals surface area contributed by atoms with Gasteiger partial charge in [-0.3, -0.25) is 14.8 Å². The third kappa shape index (κ3) is 4.87. The van der Waals surface area contributed by atoms with E-state index in [9.17, 15) is 4.79 Å². The number of hydrogen-bond donors (Lipinski definition) is 2. The van der Waals surface area contributed by atoms with E-state index in [1.165, 1.54) is 0 Å². The fraction of sp³-hybridized carbons (Fsp3) is 0.312. The van der Waals surface area contributed by atoms with Crippen LogP contribution in [0.1, 0.15) is 35.7 Å². The first kappa shape index (κ1) is 15.0. The maximum Gasteiger partial charge on any atom is 0.252 e. The van der Waals surface area contributed by atoms with Gasteiger partial charge in [0.1, 0.15) is 0 Å². The highest BCUT2D eigenvalue weighted by atomic mass is 16.1. The van der Waals surface area contributed by atoms with E-state index in [2.05, 4.69) is 27.5 Å². The third-order valence-electron chi connectivity index (χ3n) is 3.06. The van der Waals surface area contributed by atoms with Crippen molar-refractivity contribution in [3.05, 3.63) is 54.1 Å². The topological polar surface area (TPSA) is 66.9 Å². The van der Waals surface area contributed by atoms with E-state index in [-0.39, 0.29) is 5.91 Å². The second kappa shape index (κ2) is 7.99. The first-order valence-electron chi connectivity index (χ1n) is 7.15. The van der Waals surface area contributed by atoms with Crippen molar-refractivity contribution in [1.82, 2.24) is 15.3 Å². The first-order valence-corrected chi connectivity index (χ1v) is 7.15. The van der Waals surface area contributed by atoms with E-state index in [0.29, 0.717) is 18.7 Å². The van der Waals surface area contributed by atoms with Crippen molar-refractivity contribution < 1.29 is 4.79 Å². The summed E-state index contributed by atoms with van der Waals surface area (Å²) in [6.45, 7) is 3.46. The molecule has 2 aromatic heterocycles. The zero-order chi connectivity index (χ0) is 14.9. The molecule has 0 radical (unpaired) electrons. The van der Waals surface area contributed by atoms with Crippen molar-refractivity contribution in [2.45, 2.75) is 26.3 Å². The molecule has 0 spiro atoms. The largest absolute Gasteiger partial charge is 0.380 e. The van der Waals surface area contributed by atoms with Gasteiger partial charge in [0, 0.05) is 37.9 Å². The molecular weight excluding hydrogens is 264 g/mol. The summed E-state index contributed by atoms with van der Waals surface area (Å²) in [6, 6.07) is 5.71. The average molecular weight is 284 g/mol. The summed E-state index contributed by atoms with van der Waals surface area (Å²) >= 11 is 0. The zero-order valence-electron chi connectivity index (χ0n) is 12.2. The van der Waals surface area contributed by atoms with Gasteiger partial charge < -0.3 is 10.6 Å². The van der Waals surface area contributed by atoms with Gasteiger partial charge in [-0.1, -0.05) is 13.3 Å². The molecule has 2 N–H and O–H groups in total. The summed E-state index contributed by atoms with van der Waals surface area (Å²) in [4.78, 5) is 20.0. The van der Waals surface area contributed by atoms with Crippen LogP contribution < -0.4 is 10.6 Å². The lowest BCUT2D eigenvalue weighted by atomic mass is 10.2. The molecule has 0 atom stereocenters. The lowest BCUT2D eigenvalue weighted by molar-refractivity contribution is 0.0953. The molecule has 5 heteroatoms. The predicted molar refractivity (Wildman–Crippen MR) is 83.0 cm³/mol. The quantitative estimate of drug-likeness (QED) is 0.767. The molecule has 110 valence electrons. The number of carbonyl (C=O) groups is 1. The average Bonchev–Trinajstić information content (AvgIpc) is 2.54. The molecular formula is C16H20N4O. The van der Waals surface area contributed by atoms with E-state index in [4.69, 9.17) is 0 Å². The smallest absolute Gasteiger partial charge is 0.252 e. The summed E-state index contributed by atoms with van der Waals surface area (Å²) in [5.74, 6) is -0.0801. The molecule has 0 bridgehead atoms. The van der Waals surface area contributed by atoms with Crippen LogP contribution in [0.15, 0.2) is 43.0 Å². The van der Waals surface area contributed by atoms with Crippen LogP contribution in [-0.4, -0.2) is 22.4 Å². The van der Waals surface area contributed by atoms with Crippen molar-refractivity contribution >= 4 is 11.6 Å². The zero-order valence-corrected chi connectivity index (χ0v) is 12.2. The van der Waals surface area contributed by atoms with Gasteiger partial charge in [-0.15, -0.1) is 0 Å². The molecule has 2 heterocycles. The maximum atomic E-state index is 12.0. The van der Waals surface area contributed by atoms with Gasteiger partial charge in [-0.05, 0) is 30.2 Å². The van der Waals surface area contributed by atoms with Crippen molar-refractivity contribution in [2.75, 3.05) is 11.9 Å². The van der Waals surface area contributed by atoms with E-state index < -0.39 is 0 Å². The lowest BCUT2D eigenvalue weighted by Gasteiger charge is -2.08. The number of unbranched alkanes of at least 4 members (excludes halogenated alkanes) is 1. The molecule has 0 aliphatic heterocycles. The number of aromatic nitrogens is 2. The Kier molecular flexibility index (Phi) is 5.70. The Hall–Kier alpha value is -2.43. The minimum Gasteiger partial charge on any atom is -0.380 e. The Morgan fingerprint density at radius 2 is 2.00 bits per heavy atom. The summed E-state index contributed by atoms with van der Waals surface area (Å²) in [6.07, 6.45) is 8.86. The van der Waals surface area contributed by atoms with E-state index in [1.54, 1.807) is 24.8 Å². The molecule has 0 aromatic carbocycles. The highest BCUT2D eigenvalue weighted by Crippen LogP contribution is 2.10. The van der Waals surface area contributed by atoms with Crippen molar-refractivity contribution in [3.8, 4) is 0 Å². The van der Waals surface area contributed by atoms with Crippen molar-refractivity contribution in [2.24, 2.45) is 0 Å². The lowest BCUT2D eigenvalue weighted by Crippen LogP contribution is -2.24. The highest BCUT2D eigenvalue weighted by molar-refractivity contribution is 5.94. The molecule has 2 aromatic rings. The molecule has 0 unspecified atom stereocenters. The van der Waals surface area contributed by atoms with E-state index in [0.717, 1.165) is 24.1 Å². The van der Waals surface area contributed by atoms with Gasteiger partial charge in [0.15, 0.2) is 0 Å². The molecule has 5 nitrogen and oxygen atoms in total. The Morgan fingerprint density at radius 3 is 2.76 bits per heavy atom. The molecule has 0 saturated carbocycles. The van der Waals surface area contributed by atoms with Crippen LogP contribution in [0.3, 0.4) is 0 Å². The fourth-order valence-electron chi connectivity index (χ4n) is 1.85. The number of carbonyl (C=O) groups excluding carboxylic acids is 1. The van der Waals surface area contributed by atoms with Gasteiger partial charge in [0.2, 0.25) is 0 Å². The minimum absolute atomic E-state index is 0.0801. The van der Waals surface area contributed by atoms with Crippen LogP contribution >= 0.6 is 0 Å². The Balaban J connectivity index is 1.92. The van der Waals surface area contributed by atoms with Crippen LogP contribution in [0.4, 0.5) is 5.69 Å². The van der Waals surface area contributed by atoms with Gasteiger partial charge in [-0.2, -0.15) is 0 Å².